The standard InChI is InChI=1S/C7H12O3/c8-5-4-7(6(9)10)2-1-3-7/h8H,1-5H2,(H,9,10). The molecule has 3 heteroatoms. The summed E-state index contributed by atoms with van der Waals surface area (Å²) in [6, 6.07) is 0. The van der Waals surface area contributed by atoms with E-state index in [0.717, 1.165) is 19.3 Å². The van der Waals surface area contributed by atoms with Crippen LogP contribution in [-0.4, -0.2) is 22.8 Å². The van der Waals surface area contributed by atoms with Gasteiger partial charge in [-0.2, -0.15) is 0 Å². The van der Waals surface area contributed by atoms with Crippen LogP contribution in [0, 0.1) is 5.41 Å². The zero-order valence-electron chi connectivity index (χ0n) is 5.84. The lowest BCUT2D eigenvalue weighted by Gasteiger charge is -2.36. The summed E-state index contributed by atoms with van der Waals surface area (Å²) >= 11 is 0. The van der Waals surface area contributed by atoms with Gasteiger partial charge in [0.05, 0.1) is 5.41 Å². The molecule has 10 heavy (non-hydrogen) atoms. The molecule has 0 aromatic rings. The van der Waals surface area contributed by atoms with Gasteiger partial charge in [0.2, 0.25) is 0 Å². The molecule has 0 aromatic heterocycles. The minimum Gasteiger partial charge on any atom is -0.481 e. The fourth-order valence-corrected chi connectivity index (χ4v) is 1.39. The van der Waals surface area contributed by atoms with Gasteiger partial charge in [0.15, 0.2) is 0 Å². The summed E-state index contributed by atoms with van der Waals surface area (Å²) in [6.07, 6.45) is 2.89. The lowest BCUT2D eigenvalue weighted by atomic mass is 9.67. The third kappa shape index (κ3) is 1.01. The molecule has 0 spiro atoms. The van der Waals surface area contributed by atoms with Gasteiger partial charge in [0.1, 0.15) is 0 Å². The second kappa shape index (κ2) is 2.58. The molecule has 0 saturated heterocycles. The summed E-state index contributed by atoms with van der Waals surface area (Å²) in [7, 11) is 0. The van der Waals surface area contributed by atoms with Crippen molar-refractivity contribution in [2.45, 2.75) is 25.7 Å². The van der Waals surface area contributed by atoms with E-state index in [1.807, 2.05) is 0 Å². The highest BCUT2D eigenvalue weighted by molar-refractivity contribution is 5.75. The molecular weight excluding hydrogens is 132 g/mol. The van der Waals surface area contributed by atoms with Crippen molar-refractivity contribution >= 4 is 5.97 Å². The van der Waals surface area contributed by atoms with Gasteiger partial charge in [-0.05, 0) is 19.3 Å². The monoisotopic (exact) mass is 144 g/mol. The van der Waals surface area contributed by atoms with Crippen molar-refractivity contribution in [2.24, 2.45) is 5.41 Å². The minimum atomic E-state index is -0.743. The molecule has 0 aliphatic heterocycles. The molecule has 0 unspecified atom stereocenters. The van der Waals surface area contributed by atoms with Crippen molar-refractivity contribution in [3.63, 3.8) is 0 Å². The van der Waals surface area contributed by atoms with Crippen molar-refractivity contribution in [1.29, 1.82) is 0 Å². The van der Waals surface area contributed by atoms with Crippen molar-refractivity contribution in [2.75, 3.05) is 6.61 Å². The van der Waals surface area contributed by atoms with Gasteiger partial charge in [0.25, 0.3) is 0 Å². The smallest absolute Gasteiger partial charge is 0.309 e. The van der Waals surface area contributed by atoms with Crippen LogP contribution in [0.2, 0.25) is 0 Å². The van der Waals surface area contributed by atoms with E-state index >= 15 is 0 Å². The topological polar surface area (TPSA) is 57.5 Å². The maximum Gasteiger partial charge on any atom is 0.309 e. The van der Waals surface area contributed by atoms with Crippen molar-refractivity contribution < 1.29 is 15.0 Å². The molecule has 1 fully saturated rings. The Bertz CT molecular complexity index is 138. The van der Waals surface area contributed by atoms with E-state index in [2.05, 4.69) is 0 Å². The maximum atomic E-state index is 10.6. The molecule has 0 amide bonds. The Hall–Kier alpha value is -0.570. The zero-order valence-corrected chi connectivity index (χ0v) is 5.84. The minimum absolute atomic E-state index is 0.00764. The lowest BCUT2D eigenvalue weighted by molar-refractivity contribution is -0.155. The van der Waals surface area contributed by atoms with Crippen LogP contribution in [0.3, 0.4) is 0 Å². The van der Waals surface area contributed by atoms with Gasteiger partial charge < -0.3 is 10.2 Å². The zero-order chi connectivity index (χ0) is 7.61. The van der Waals surface area contributed by atoms with Gasteiger partial charge in [-0.25, -0.2) is 0 Å². The lowest BCUT2D eigenvalue weighted by Crippen LogP contribution is -2.38. The number of aliphatic hydroxyl groups is 1. The number of hydrogen-bond acceptors (Lipinski definition) is 2. The van der Waals surface area contributed by atoms with Crippen LogP contribution < -0.4 is 0 Å². The average molecular weight is 144 g/mol. The fraction of sp³-hybridized carbons (Fsp3) is 0.857. The van der Waals surface area contributed by atoms with E-state index in [-0.39, 0.29) is 6.61 Å². The summed E-state index contributed by atoms with van der Waals surface area (Å²) in [4.78, 5) is 10.6. The first-order valence-electron chi connectivity index (χ1n) is 3.55. The Kier molecular flexibility index (Phi) is 1.94. The number of hydrogen-bond donors (Lipinski definition) is 2. The van der Waals surface area contributed by atoms with Gasteiger partial charge in [-0.15, -0.1) is 0 Å². The summed E-state index contributed by atoms with van der Waals surface area (Å²) < 4.78 is 0. The van der Waals surface area contributed by atoms with E-state index in [0.29, 0.717) is 6.42 Å². The van der Waals surface area contributed by atoms with Crippen LogP contribution in [-0.2, 0) is 4.79 Å². The molecule has 1 rings (SSSR count). The molecular formula is C7H12O3. The number of carboxylic acid groups (broad SMARTS) is 1. The van der Waals surface area contributed by atoms with Gasteiger partial charge in [-0.3, -0.25) is 4.79 Å². The van der Waals surface area contributed by atoms with Crippen molar-refractivity contribution in [3.8, 4) is 0 Å². The first kappa shape index (κ1) is 7.54. The number of carboxylic acids is 1. The molecule has 58 valence electrons. The summed E-state index contributed by atoms with van der Waals surface area (Å²) in [5.74, 6) is -0.743. The summed E-state index contributed by atoms with van der Waals surface area (Å²) in [6.45, 7) is -0.00764. The average Bonchev–Trinajstić information content (AvgIpc) is 1.77. The Morgan fingerprint density at radius 1 is 1.50 bits per heavy atom. The van der Waals surface area contributed by atoms with Crippen LogP contribution in [0.15, 0.2) is 0 Å². The van der Waals surface area contributed by atoms with Crippen LogP contribution in [0.1, 0.15) is 25.7 Å². The van der Waals surface area contributed by atoms with Gasteiger partial charge in [-0.1, -0.05) is 6.42 Å². The van der Waals surface area contributed by atoms with Crippen LogP contribution in [0.5, 0.6) is 0 Å². The van der Waals surface area contributed by atoms with E-state index in [1.54, 1.807) is 0 Å². The van der Waals surface area contributed by atoms with E-state index in [9.17, 15) is 4.79 Å². The SMILES string of the molecule is O=C(O)C1(CCO)CCC1. The molecule has 0 bridgehead atoms. The summed E-state index contributed by atoms with van der Waals surface area (Å²) in [5.41, 5.74) is -0.561. The molecule has 1 aliphatic rings. The highest BCUT2D eigenvalue weighted by Crippen LogP contribution is 2.43. The van der Waals surface area contributed by atoms with E-state index in [4.69, 9.17) is 10.2 Å². The van der Waals surface area contributed by atoms with E-state index < -0.39 is 11.4 Å². The Labute approximate surface area is 59.7 Å². The normalized spacial score (nSPS) is 21.7. The summed E-state index contributed by atoms with van der Waals surface area (Å²) in [5, 5.41) is 17.3. The number of aliphatic hydroxyl groups excluding tert-OH is 1. The Balaban J connectivity index is 2.50. The fourth-order valence-electron chi connectivity index (χ4n) is 1.39. The Morgan fingerprint density at radius 2 is 2.10 bits per heavy atom. The van der Waals surface area contributed by atoms with Crippen LogP contribution in [0.25, 0.3) is 0 Å². The quantitative estimate of drug-likeness (QED) is 0.610. The molecule has 1 saturated carbocycles. The van der Waals surface area contributed by atoms with E-state index in [1.165, 1.54) is 0 Å². The first-order chi connectivity index (χ1) is 4.71. The largest absolute Gasteiger partial charge is 0.481 e. The third-order valence-corrected chi connectivity index (χ3v) is 2.35. The molecule has 0 radical (unpaired) electrons. The second-order valence-corrected chi connectivity index (χ2v) is 2.91. The number of aliphatic carboxylic acids is 1. The predicted molar refractivity (Wildman–Crippen MR) is 35.6 cm³/mol. The highest BCUT2D eigenvalue weighted by atomic mass is 16.4. The van der Waals surface area contributed by atoms with Crippen LogP contribution >= 0.6 is 0 Å². The second-order valence-electron chi connectivity index (χ2n) is 2.91. The molecule has 2 N–H and O–H groups in total. The third-order valence-electron chi connectivity index (χ3n) is 2.35. The first-order valence-corrected chi connectivity index (χ1v) is 3.55. The maximum absolute atomic E-state index is 10.6. The number of carbonyl (C=O) groups is 1. The number of rotatable bonds is 3. The molecule has 1 aliphatic carbocycles. The van der Waals surface area contributed by atoms with Crippen molar-refractivity contribution in [1.82, 2.24) is 0 Å². The van der Waals surface area contributed by atoms with Crippen LogP contribution in [0.4, 0.5) is 0 Å². The molecule has 0 aromatic carbocycles. The predicted octanol–water partition coefficient (Wildman–Crippen LogP) is 0.624. The van der Waals surface area contributed by atoms with Crippen molar-refractivity contribution in [3.05, 3.63) is 0 Å². The Morgan fingerprint density at radius 3 is 2.20 bits per heavy atom. The molecule has 3 nitrogen and oxygen atoms in total. The van der Waals surface area contributed by atoms with Gasteiger partial charge in [0, 0.05) is 6.61 Å². The van der Waals surface area contributed by atoms with Gasteiger partial charge >= 0.3 is 5.97 Å². The molecule has 0 heterocycles. The molecule has 0 atom stereocenters. The highest BCUT2D eigenvalue weighted by Gasteiger charge is 2.43.